The molecule has 0 spiro atoms. The van der Waals surface area contributed by atoms with E-state index >= 15 is 0 Å². The standard InChI is InChI=1S/C31H28O6S/c1-4-7-23-8-14-26(15-9-23)36-30(33)24-10-16-27(17-11-24)37-31(34)25-12-18-28(19-13-25)38-21-6-5-20-35-29(32)22(2)3/h8-19H,2,5-6,20-21H2,1,3H3. The van der Waals surface area contributed by atoms with E-state index in [1.807, 2.05) is 12.1 Å². The molecule has 0 atom stereocenters. The second-order valence-electron chi connectivity index (χ2n) is 8.20. The first-order valence-electron chi connectivity index (χ1n) is 12.0. The molecule has 0 aliphatic rings. The van der Waals surface area contributed by atoms with Gasteiger partial charge in [0, 0.05) is 16.0 Å². The number of ether oxygens (including phenoxy) is 3. The summed E-state index contributed by atoms with van der Waals surface area (Å²) in [5.74, 6) is 5.96. The molecule has 0 fully saturated rings. The molecule has 0 aliphatic carbocycles. The molecule has 3 aromatic carbocycles. The Balaban J connectivity index is 1.43. The van der Waals surface area contributed by atoms with Gasteiger partial charge >= 0.3 is 17.9 Å². The van der Waals surface area contributed by atoms with Crippen molar-refractivity contribution in [2.75, 3.05) is 12.4 Å². The average molecular weight is 529 g/mol. The van der Waals surface area contributed by atoms with Crippen molar-refractivity contribution in [3.63, 3.8) is 0 Å². The first-order valence-corrected chi connectivity index (χ1v) is 13.0. The Morgan fingerprint density at radius 1 is 0.789 bits per heavy atom. The smallest absolute Gasteiger partial charge is 0.343 e. The summed E-state index contributed by atoms with van der Waals surface area (Å²) in [6.45, 7) is 7.30. The van der Waals surface area contributed by atoms with Crippen molar-refractivity contribution in [3.05, 3.63) is 102 Å². The maximum Gasteiger partial charge on any atom is 0.343 e. The lowest BCUT2D eigenvalue weighted by molar-refractivity contribution is -0.139. The maximum absolute atomic E-state index is 12.5. The third kappa shape index (κ3) is 8.99. The van der Waals surface area contributed by atoms with Gasteiger partial charge in [0.2, 0.25) is 0 Å². The Morgan fingerprint density at radius 3 is 1.84 bits per heavy atom. The first-order chi connectivity index (χ1) is 18.4. The normalized spacial score (nSPS) is 10.1. The predicted octanol–water partition coefficient (Wildman–Crippen LogP) is 6.49. The third-order valence-corrected chi connectivity index (χ3v) is 6.21. The number of hydrogen-bond acceptors (Lipinski definition) is 7. The minimum Gasteiger partial charge on any atom is -0.462 e. The highest BCUT2D eigenvalue weighted by Gasteiger charge is 2.12. The first kappa shape index (κ1) is 28.3. The van der Waals surface area contributed by atoms with Crippen LogP contribution in [-0.2, 0) is 9.53 Å². The molecular weight excluding hydrogens is 500 g/mol. The van der Waals surface area contributed by atoms with E-state index in [2.05, 4.69) is 18.4 Å². The second-order valence-corrected chi connectivity index (χ2v) is 9.37. The Morgan fingerprint density at radius 2 is 1.32 bits per heavy atom. The summed E-state index contributed by atoms with van der Waals surface area (Å²) in [7, 11) is 0. The zero-order valence-electron chi connectivity index (χ0n) is 21.3. The molecule has 0 saturated heterocycles. The Bertz CT molecular complexity index is 1330. The second kappa shape index (κ2) is 14.5. The molecule has 6 nitrogen and oxygen atoms in total. The van der Waals surface area contributed by atoms with Crippen LogP contribution in [0.3, 0.4) is 0 Å². The summed E-state index contributed by atoms with van der Waals surface area (Å²) >= 11 is 1.66. The van der Waals surface area contributed by atoms with Gasteiger partial charge in [0.25, 0.3) is 0 Å². The van der Waals surface area contributed by atoms with E-state index in [9.17, 15) is 14.4 Å². The topological polar surface area (TPSA) is 78.9 Å². The number of benzene rings is 3. The highest BCUT2D eigenvalue weighted by molar-refractivity contribution is 7.99. The molecule has 0 amide bonds. The number of thioether (sulfide) groups is 1. The fraction of sp³-hybridized carbons (Fsp3) is 0.194. The molecular formula is C31H28O6S. The van der Waals surface area contributed by atoms with Crippen LogP contribution in [0.5, 0.6) is 11.5 Å². The molecule has 3 aromatic rings. The SMILES string of the molecule is C=C(C)C(=O)OCCCCSc1ccc(C(=O)Oc2ccc(C(=O)Oc3ccc(C#CC)cc3)cc2)cc1. The van der Waals surface area contributed by atoms with Gasteiger partial charge in [-0.15, -0.1) is 17.7 Å². The van der Waals surface area contributed by atoms with Crippen molar-refractivity contribution in [1.29, 1.82) is 0 Å². The van der Waals surface area contributed by atoms with Crippen molar-refractivity contribution in [2.45, 2.75) is 31.6 Å². The molecule has 0 unspecified atom stereocenters. The van der Waals surface area contributed by atoms with Crippen LogP contribution in [0.1, 0.15) is 53.0 Å². The minimum absolute atomic E-state index is 0.319. The van der Waals surface area contributed by atoms with E-state index in [0.29, 0.717) is 34.8 Å². The van der Waals surface area contributed by atoms with Gasteiger partial charge in [0.15, 0.2) is 0 Å². The van der Waals surface area contributed by atoms with Crippen LogP contribution in [-0.4, -0.2) is 30.3 Å². The summed E-state index contributed by atoms with van der Waals surface area (Å²) in [6, 6.07) is 20.3. The molecule has 0 aromatic heterocycles. The van der Waals surface area contributed by atoms with E-state index in [-0.39, 0.29) is 5.97 Å². The number of carbonyl (C=O) groups is 3. The van der Waals surface area contributed by atoms with Gasteiger partial charge in [-0.1, -0.05) is 12.5 Å². The Hall–Kier alpha value is -4.28. The predicted molar refractivity (Wildman–Crippen MR) is 148 cm³/mol. The third-order valence-electron chi connectivity index (χ3n) is 5.11. The summed E-state index contributed by atoms with van der Waals surface area (Å²) in [5, 5.41) is 0. The van der Waals surface area contributed by atoms with Crippen molar-refractivity contribution in [2.24, 2.45) is 0 Å². The molecule has 3 rings (SSSR count). The van der Waals surface area contributed by atoms with E-state index in [1.165, 1.54) is 0 Å². The van der Waals surface area contributed by atoms with Gasteiger partial charge < -0.3 is 14.2 Å². The van der Waals surface area contributed by atoms with Crippen LogP contribution < -0.4 is 9.47 Å². The fourth-order valence-electron chi connectivity index (χ4n) is 3.11. The van der Waals surface area contributed by atoms with Crippen LogP contribution in [0.2, 0.25) is 0 Å². The minimum atomic E-state index is -0.516. The lowest BCUT2D eigenvalue weighted by Crippen LogP contribution is -2.10. The van der Waals surface area contributed by atoms with Crippen LogP contribution in [0, 0.1) is 11.8 Å². The zero-order valence-corrected chi connectivity index (χ0v) is 22.1. The van der Waals surface area contributed by atoms with E-state index in [1.54, 1.807) is 86.3 Å². The molecule has 7 heteroatoms. The molecule has 0 N–H and O–H groups in total. The molecule has 194 valence electrons. The van der Waals surface area contributed by atoms with Gasteiger partial charge in [-0.05, 0) is 105 Å². The van der Waals surface area contributed by atoms with Gasteiger partial charge in [-0.2, -0.15) is 0 Å². The summed E-state index contributed by atoms with van der Waals surface area (Å²) in [4.78, 5) is 37.3. The monoisotopic (exact) mass is 528 g/mol. The number of carbonyl (C=O) groups excluding carboxylic acids is 3. The highest BCUT2D eigenvalue weighted by atomic mass is 32.2. The van der Waals surface area contributed by atoms with E-state index < -0.39 is 11.9 Å². The highest BCUT2D eigenvalue weighted by Crippen LogP contribution is 2.21. The van der Waals surface area contributed by atoms with Gasteiger partial charge in [-0.3, -0.25) is 0 Å². The van der Waals surface area contributed by atoms with Gasteiger partial charge in [-0.25, -0.2) is 14.4 Å². The quantitative estimate of drug-likeness (QED) is 0.0703. The van der Waals surface area contributed by atoms with Crippen molar-refractivity contribution >= 4 is 29.7 Å². The van der Waals surface area contributed by atoms with Crippen molar-refractivity contribution < 1.29 is 28.6 Å². The van der Waals surface area contributed by atoms with E-state index in [4.69, 9.17) is 14.2 Å². The fourth-order valence-corrected chi connectivity index (χ4v) is 4.02. The van der Waals surface area contributed by atoms with Crippen LogP contribution in [0.25, 0.3) is 0 Å². The summed E-state index contributed by atoms with van der Waals surface area (Å²) < 4.78 is 15.9. The zero-order chi connectivity index (χ0) is 27.3. The lowest BCUT2D eigenvalue weighted by Gasteiger charge is -2.07. The molecule has 0 radical (unpaired) electrons. The van der Waals surface area contributed by atoms with Crippen molar-refractivity contribution in [1.82, 2.24) is 0 Å². The van der Waals surface area contributed by atoms with E-state index in [0.717, 1.165) is 29.1 Å². The Kier molecular flexibility index (Phi) is 10.8. The molecule has 38 heavy (non-hydrogen) atoms. The lowest BCUT2D eigenvalue weighted by atomic mass is 10.2. The number of hydrogen-bond donors (Lipinski definition) is 0. The number of rotatable bonds is 11. The average Bonchev–Trinajstić information content (AvgIpc) is 2.92. The van der Waals surface area contributed by atoms with Crippen LogP contribution >= 0.6 is 11.8 Å². The molecule has 0 bridgehead atoms. The van der Waals surface area contributed by atoms with Crippen LogP contribution in [0.4, 0.5) is 0 Å². The Labute approximate surface area is 227 Å². The maximum atomic E-state index is 12.5. The molecule has 0 heterocycles. The molecule has 0 saturated carbocycles. The summed E-state index contributed by atoms with van der Waals surface area (Å²) in [5.41, 5.74) is 1.98. The number of unbranched alkanes of at least 4 members (excludes halogenated alkanes) is 1. The van der Waals surface area contributed by atoms with Gasteiger partial charge in [0.05, 0.1) is 17.7 Å². The molecule has 0 aliphatic heterocycles. The largest absolute Gasteiger partial charge is 0.462 e. The van der Waals surface area contributed by atoms with Gasteiger partial charge in [0.1, 0.15) is 11.5 Å². The van der Waals surface area contributed by atoms with Crippen molar-refractivity contribution in [3.8, 4) is 23.3 Å². The van der Waals surface area contributed by atoms with Crippen LogP contribution in [0.15, 0.2) is 89.8 Å². The summed E-state index contributed by atoms with van der Waals surface area (Å²) in [6.07, 6.45) is 1.66. The number of esters is 3.